The first kappa shape index (κ1) is 23.0. The predicted molar refractivity (Wildman–Crippen MR) is 130 cm³/mol. The largest absolute Gasteiger partial charge is 0.488 e. The average Bonchev–Trinajstić information content (AvgIpc) is 3.34. The number of anilines is 2. The fraction of sp³-hybridized carbons (Fsp3) is 0.217. The minimum atomic E-state index is -0.507. The Morgan fingerprint density at radius 1 is 1.15 bits per heavy atom. The Labute approximate surface area is 200 Å². The summed E-state index contributed by atoms with van der Waals surface area (Å²) in [6.07, 6.45) is 5.75. The zero-order valence-corrected chi connectivity index (χ0v) is 19.4. The maximum Gasteiger partial charge on any atom is 0.277 e. The minimum absolute atomic E-state index is 0.000243. The highest BCUT2D eigenvalue weighted by atomic mass is 35.5. The lowest BCUT2D eigenvalue weighted by molar-refractivity contribution is 0.102. The third-order valence-electron chi connectivity index (χ3n) is 4.98. The van der Waals surface area contributed by atoms with Gasteiger partial charge < -0.3 is 20.7 Å². The van der Waals surface area contributed by atoms with Gasteiger partial charge in [0, 0.05) is 23.8 Å². The van der Waals surface area contributed by atoms with Gasteiger partial charge in [0.2, 0.25) is 0 Å². The molecule has 0 saturated carbocycles. The van der Waals surface area contributed by atoms with E-state index in [2.05, 4.69) is 25.9 Å². The van der Waals surface area contributed by atoms with Crippen molar-refractivity contribution in [2.24, 2.45) is 0 Å². The van der Waals surface area contributed by atoms with Gasteiger partial charge in [0.1, 0.15) is 17.7 Å². The molecule has 1 saturated heterocycles. The van der Waals surface area contributed by atoms with Crippen molar-refractivity contribution in [2.75, 3.05) is 30.0 Å². The molecule has 2 amide bonds. The van der Waals surface area contributed by atoms with E-state index >= 15 is 0 Å². The van der Waals surface area contributed by atoms with E-state index in [1.54, 1.807) is 42.1 Å². The van der Waals surface area contributed by atoms with Crippen LogP contribution in [0, 0.1) is 0 Å². The number of hydrogen-bond acceptors (Lipinski definition) is 7. The second kappa shape index (κ2) is 10.7. The molecule has 33 heavy (non-hydrogen) atoms. The standard InChI is InChI=1S/C23H22ClN5O3S/c1-33-16-5-6-17(19(11-16)32-15-8-10-25-13-15)22(30)28-18-3-2-9-26-21(18)23(31)29-20-7-4-14(24)12-27-20/h2-7,9,11-12,15,25H,8,10,13H2,1H3,(H,28,30)(H,27,29,31). The van der Waals surface area contributed by atoms with Crippen LogP contribution in [-0.2, 0) is 0 Å². The molecule has 3 aromatic rings. The van der Waals surface area contributed by atoms with Gasteiger partial charge in [-0.3, -0.25) is 9.59 Å². The van der Waals surface area contributed by atoms with Gasteiger partial charge in [0.05, 0.1) is 16.3 Å². The predicted octanol–water partition coefficient (Wildman–Crippen LogP) is 4.10. The van der Waals surface area contributed by atoms with Gasteiger partial charge >= 0.3 is 0 Å². The van der Waals surface area contributed by atoms with Gasteiger partial charge in [0.15, 0.2) is 5.69 Å². The first-order chi connectivity index (χ1) is 16.0. The number of halogens is 1. The van der Waals surface area contributed by atoms with E-state index in [0.29, 0.717) is 22.2 Å². The summed E-state index contributed by atoms with van der Waals surface area (Å²) in [5.74, 6) is -0.0728. The van der Waals surface area contributed by atoms with Crippen LogP contribution in [0.1, 0.15) is 27.3 Å². The molecule has 1 aliphatic heterocycles. The van der Waals surface area contributed by atoms with E-state index in [1.807, 2.05) is 18.4 Å². The van der Waals surface area contributed by atoms with Crippen molar-refractivity contribution in [1.82, 2.24) is 15.3 Å². The number of carbonyl (C=O) groups excluding carboxylic acids is 2. The Morgan fingerprint density at radius 3 is 2.76 bits per heavy atom. The van der Waals surface area contributed by atoms with E-state index in [-0.39, 0.29) is 17.5 Å². The molecule has 2 aromatic heterocycles. The number of benzene rings is 1. The van der Waals surface area contributed by atoms with Gasteiger partial charge in [-0.15, -0.1) is 11.8 Å². The van der Waals surface area contributed by atoms with Crippen molar-refractivity contribution in [3.8, 4) is 5.75 Å². The first-order valence-electron chi connectivity index (χ1n) is 10.3. The van der Waals surface area contributed by atoms with Gasteiger partial charge in [-0.25, -0.2) is 9.97 Å². The fourth-order valence-corrected chi connectivity index (χ4v) is 3.87. The van der Waals surface area contributed by atoms with E-state index < -0.39 is 11.8 Å². The number of hydrogen-bond donors (Lipinski definition) is 3. The van der Waals surface area contributed by atoms with Crippen LogP contribution in [-0.4, -0.2) is 47.2 Å². The molecule has 1 aromatic carbocycles. The lowest BCUT2D eigenvalue weighted by Crippen LogP contribution is -2.23. The highest BCUT2D eigenvalue weighted by molar-refractivity contribution is 7.98. The summed E-state index contributed by atoms with van der Waals surface area (Å²) >= 11 is 7.41. The van der Waals surface area contributed by atoms with Crippen LogP contribution in [0.15, 0.2) is 59.8 Å². The summed E-state index contributed by atoms with van der Waals surface area (Å²) < 4.78 is 6.12. The summed E-state index contributed by atoms with van der Waals surface area (Å²) in [5.41, 5.74) is 0.719. The van der Waals surface area contributed by atoms with Crippen LogP contribution < -0.4 is 20.7 Å². The molecule has 0 spiro atoms. The maximum absolute atomic E-state index is 13.2. The Morgan fingerprint density at radius 2 is 2.03 bits per heavy atom. The van der Waals surface area contributed by atoms with Crippen LogP contribution >= 0.6 is 23.4 Å². The molecule has 1 fully saturated rings. The third-order valence-corrected chi connectivity index (χ3v) is 5.93. The van der Waals surface area contributed by atoms with Crippen molar-refractivity contribution in [2.45, 2.75) is 17.4 Å². The number of pyridine rings is 2. The normalized spacial score (nSPS) is 15.2. The van der Waals surface area contributed by atoms with Crippen molar-refractivity contribution >= 4 is 46.7 Å². The molecule has 0 aliphatic carbocycles. The van der Waals surface area contributed by atoms with Gasteiger partial charge in [-0.2, -0.15) is 0 Å². The Hall–Kier alpha value is -3.14. The van der Waals surface area contributed by atoms with E-state index in [4.69, 9.17) is 16.3 Å². The van der Waals surface area contributed by atoms with E-state index in [1.165, 1.54) is 12.4 Å². The van der Waals surface area contributed by atoms with Crippen LogP contribution in [0.4, 0.5) is 11.5 Å². The molecule has 0 bridgehead atoms. The molecular formula is C23H22ClN5O3S. The fourth-order valence-electron chi connectivity index (χ4n) is 3.33. The minimum Gasteiger partial charge on any atom is -0.488 e. The van der Waals surface area contributed by atoms with Gasteiger partial charge in [-0.1, -0.05) is 11.6 Å². The molecule has 3 N–H and O–H groups in total. The monoisotopic (exact) mass is 483 g/mol. The molecule has 1 atom stereocenters. The summed E-state index contributed by atoms with van der Waals surface area (Å²) in [5, 5.41) is 9.17. The quantitative estimate of drug-likeness (QED) is 0.434. The first-order valence-corrected chi connectivity index (χ1v) is 11.9. The van der Waals surface area contributed by atoms with Crippen molar-refractivity contribution in [1.29, 1.82) is 0 Å². The maximum atomic E-state index is 13.2. The molecule has 3 heterocycles. The second-order valence-corrected chi connectivity index (χ2v) is 8.58. The van der Waals surface area contributed by atoms with Crippen molar-refractivity contribution in [3.63, 3.8) is 0 Å². The molecule has 0 radical (unpaired) electrons. The molecular weight excluding hydrogens is 462 g/mol. The highest BCUT2D eigenvalue weighted by Crippen LogP contribution is 2.28. The average molecular weight is 484 g/mol. The second-order valence-electron chi connectivity index (χ2n) is 7.26. The molecule has 10 heteroatoms. The van der Waals surface area contributed by atoms with Crippen molar-refractivity contribution < 1.29 is 14.3 Å². The summed E-state index contributed by atoms with van der Waals surface area (Å²) in [7, 11) is 0. The van der Waals surface area contributed by atoms with Crippen LogP contribution in [0.3, 0.4) is 0 Å². The molecule has 170 valence electrons. The lowest BCUT2D eigenvalue weighted by atomic mass is 10.1. The number of nitrogens with one attached hydrogen (secondary N) is 3. The number of thioether (sulfide) groups is 1. The van der Waals surface area contributed by atoms with Gasteiger partial charge in [0.25, 0.3) is 11.8 Å². The lowest BCUT2D eigenvalue weighted by Gasteiger charge is -2.17. The zero-order valence-electron chi connectivity index (χ0n) is 17.8. The number of aromatic nitrogens is 2. The zero-order chi connectivity index (χ0) is 23.2. The highest BCUT2D eigenvalue weighted by Gasteiger charge is 2.22. The summed E-state index contributed by atoms with van der Waals surface area (Å²) in [6, 6.07) is 11.9. The molecule has 4 rings (SSSR count). The summed E-state index contributed by atoms with van der Waals surface area (Å²) in [6.45, 7) is 1.61. The number of rotatable bonds is 7. The van der Waals surface area contributed by atoms with E-state index in [9.17, 15) is 9.59 Å². The Bertz CT molecular complexity index is 1150. The van der Waals surface area contributed by atoms with Crippen LogP contribution in [0.25, 0.3) is 0 Å². The number of ether oxygens (including phenoxy) is 1. The Balaban J connectivity index is 1.55. The smallest absolute Gasteiger partial charge is 0.277 e. The topological polar surface area (TPSA) is 105 Å². The Kier molecular flexibility index (Phi) is 7.43. The SMILES string of the molecule is CSc1ccc(C(=O)Nc2cccnc2C(=O)Nc2ccc(Cl)cn2)c(OC2CCNC2)c1. The van der Waals surface area contributed by atoms with Crippen LogP contribution in [0.5, 0.6) is 5.75 Å². The number of nitrogens with zero attached hydrogens (tertiary/aromatic N) is 2. The van der Waals surface area contributed by atoms with Crippen molar-refractivity contribution in [3.05, 3.63) is 71.1 Å². The summed E-state index contributed by atoms with van der Waals surface area (Å²) in [4.78, 5) is 35.2. The van der Waals surface area contributed by atoms with E-state index in [0.717, 1.165) is 24.4 Å². The van der Waals surface area contributed by atoms with Gasteiger partial charge in [-0.05, 0) is 61.7 Å². The number of carbonyl (C=O) groups is 2. The van der Waals surface area contributed by atoms with Crippen LogP contribution in [0.2, 0.25) is 5.02 Å². The third kappa shape index (κ3) is 5.81. The molecule has 8 nitrogen and oxygen atoms in total. The molecule has 1 unspecified atom stereocenters. The number of amides is 2. The molecule has 1 aliphatic rings.